The van der Waals surface area contributed by atoms with Crippen LogP contribution >= 0.6 is 0 Å². The molecule has 0 fully saturated rings. The average Bonchev–Trinajstić information content (AvgIpc) is 3.01. The third-order valence-corrected chi connectivity index (χ3v) is 5.13. The van der Waals surface area contributed by atoms with Gasteiger partial charge in [-0.3, -0.25) is 9.67 Å². The Labute approximate surface area is 158 Å². The van der Waals surface area contributed by atoms with E-state index in [-0.39, 0.29) is 11.4 Å². The van der Waals surface area contributed by atoms with Crippen LogP contribution in [-0.4, -0.2) is 29.5 Å². The molecule has 0 aliphatic heterocycles. The van der Waals surface area contributed by atoms with E-state index >= 15 is 0 Å². The minimum Gasteiger partial charge on any atom is -0.406 e. The quantitative estimate of drug-likeness (QED) is 0.673. The van der Waals surface area contributed by atoms with Gasteiger partial charge in [-0.05, 0) is 42.5 Å². The molecule has 0 atom stereocenters. The van der Waals surface area contributed by atoms with Gasteiger partial charge in [0.25, 0.3) is 0 Å². The molecule has 3 rings (SSSR count). The first-order valence-corrected chi connectivity index (χ1v) is 9.42. The Balaban J connectivity index is 1.71. The van der Waals surface area contributed by atoms with Gasteiger partial charge < -0.3 is 4.74 Å². The summed E-state index contributed by atoms with van der Waals surface area (Å²) in [4.78, 5) is 4.00. The number of alkyl halides is 3. The van der Waals surface area contributed by atoms with Crippen LogP contribution in [0.3, 0.4) is 0 Å². The fourth-order valence-corrected chi connectivity index (χ4v) is 3.38. The molecule has 0 aliphatic carbocycles. The van der Waals surface area contributed by atoms with Crippen LogP contribution in [0, 0.1) is 0 Å². The van der Waals surface area contributed by atoms with Gasteiger partial charge in [0.05, 0.1) is 22.8 Å². The number of aryl methyl sites for hydroxylation is 1. The minimum atomic E-state index is -4.84. The first-order chi connectivity index (χ1) is 13.1. The van der Waals surface area contributed by atoms with E-state index in [1.54, 1.807) is 31.4 Å². The van der Waals surface area contributed by atoms with E-state index in [0.717, 1.165) is 24.3 Å². The third kappa shape index (κ3) is 4.87. The number of nitrogens with zero attached hydrogens (tertiary/aromatic N) is 3. The lowest BCUT2D eigenvalue weighted by Crippen LogP contribution is -2.24. The van der Waals surface area contributed by atoms with Crippen molar-refractivity contribution >= 4 is 10.0 Å². The second-order valence-corrected chi connectivity index (χ2v) is 7.47. The predicted molar refractivity (Wildman–Crippen MR) is 93.6 cm³/mol. The van der Waals surface area contributed by atoms with Crippen LogP contribution in [0.4, 0.5) is 13.2 Å². The number of benzene rings is 1. The normalized spacial score (nSPS) is 12.1. The van der Waals surface area contributed by atoms with Gasteiger partial charge in [0.15, 0.2) is 0 Å². The van der Waals surface area contributed by atoms with Gasteiger partial charge in [0.1, 0.15) is 11.4 Å². The Hall–Kier alpha value is -2.92. The summed E-state index contributed by atoms with van der Waals surface area (Å²) in [6.45, 7) is -0.0561. The molecule has 0 bridgehead atoms. The molecule has 1 N–H and O–H groups in total. The van der Waals surface area contributed by atoms with Crippen LogP contribution in [0.5, 0.6) is 5.75 Å². The fourth-order valence-electron chi connectivity index (χ4n) is 2.38. The number of rotatable bonds is 6. The summed E-state index contributed by atoms with van der Waals surface area (Å²) in [5.74, 6) is -0.502. The minimum absolute atomic E-state index is 0.0561. The van der Waals surface area contributed by atoms with Crippen LogP contribution in [0.25, 0.3) is 11.4 Å². The molecule has 2 heterocycles. The molecule has 0 aliphatic rings. The molecular formula is C17H15F3N4O3S. The van der Waals surface area contributed by atoms with Crippen LogP contribution < -0.4 is 9.46 Å². The standard InChI is InChI=1S/C17H15F3N4O3S/c1-24-12(10-16(23-24)15-4-2-3-9-21-15)11-22-28(25,26)14-7-5-13(6-8-14)27-17(18,19)20/h2-10,22H,11H2,1H3. The highest BCUT2D eigenvalue weighted by molar-refractivity contribution is 7.89. The number of ether oxygens (including phenoxy) is 1. The summed E-state index contributed by atoms with van der Waals surface area (Å²) < 4.78 is 68.9. The number of hydrogen-bond acceptors (Lipinski definition) is 5. The molecule has 11 heteroatoms. The first kappa shape index (κ1) is 19.8. The van der Waals surface area contributed by atoms with Crippen molar-refractivity contribution in [2.45, 2.75) is 17.8 Å². The second-order valence-electron chi connectivity index (χ2n) is 5.70. The predicted octanol–water partition coefficient (Wildman–Crippen LogP) is 2.86. The van der Waals surface area contributed by atoms with E-state index in [2.05, 4.69) is 19.5 Å². The van der Waals surface area contributed by atoms with E-state index < -0.39 is 22.1 Å². The van der Waals surface area contributed by atoms with E-state index in [1.165, 1.54) is 4.68 Å². The Kier molecular flexibility index (Phi) is 5.38. The summed E-state index contributed by atoms with van der Waals surface area (Å²) in [6.07, 6.45) is -3.22. The highest BCUT2D eigenvalue weighted by atomic mass is 32.2. The number of halogens is 3. The average molecular weight is 412 g/mol. The molecular weight excluding hydrogens is 397 g/mol. The van der Waals surface area contributed by atoms with Crippen molar-refractivity contribution in [2.75, 3.05) is 0 Å². The monoisotopic (exact) mass is 412 g/mol. The molecule has 0 saturated carbocycles. The SMILES string of the molecule is Cn1nc(-c2ccccn2)cc1CNS(=O)(=O)c1ccc(OC(F)(F)F)cc1. The maximum Gasteiger partial charge on any atom is 0.573 e. The fraction of sp³-hybridized carbons (Fsp3) is 0.176. The number of pyridine rings is 1. The lowest BCUT2D eigenvalue weighted by molar-refractivity contribution is -0.274. The van der Waals surface area contributed by atoms with E-state index in [1.807, 2.05) is 6.07 Å². The number of sulfonamides is 1. The maximum atomic E-state index is 12.4. The van der Waals surface area contributed by atoms with Crippen LogP contribution in [-0.2, 0) is 23.6 Å². The summed E-state index contributed by atoms with van der Waals surface area (Å²) in [6, 6.07) is 11.0. The summed E-state index contributed by atoms with van der Waals surface area (Å²) in [5.41, 5.74) is 1.82. The zero-order valence-corrected chi connectivity index (χ0v) is 15.3. The van der Waals surface area contributed by atoms with Crippen LogP contribution in [0.15, 0.2) is 59.6 Å². The van der Waals surface area contributed by atoms with Gasteiger partial charge in [0, 0.05) is 13.2 Å². The topological polar surface area (TPSA) is 86.1 Å². The maximum absolute atomic E-state index is 12.4. The molecule has 0 amide bonds. The molecule has 1 aromatic carbocycles. The lowest BCUT2D eigenvalue weighted by Gasteiger charge is -2.10. The Bertz CT molecular complexity index is 1050. The Morgan fingerprint density at radius 1 is 1.11 bits per heavy atom. The summed E-state index contributed by atoms with van der Waals surface area (Å²) in [7, 11) is -2.27. The number of hydrogen-bond donors (Lipinski definition) is 1. The molecule has 2 aromatic heterocycles. The van der Waals surface area contributed by atoms with Gasteiger partial charge in [-0.15, -0.1) is 13.2 Å². The zero-order chi connectivity index (χ0) is 20.4. The highest BCUT2D eigenvalue weighted by Gasteiger charge is 2.31. The highest BCUT2D eigenvalue weighted by Crippen LogP contribution is 2.24. The van der Waals surface area contributed by atoms with Crippen molar-refractivity contribution in [3.8, 4) is 17.1 Å². The van der Waals surface area contributed by atoms with Gasteiger partial charge in [-0.25, -0.2) is 13.1 Å². The summed E-state index contributed by atoms with van der Waals surface area (Å²) >= 11 is 0. The Morgan fingerprint density at radius 2 is 1.82 bits per heavy atom. The number of nitrogens with one attached hydrogen (secondary N) is 1. The van der Waals surface area contributed by atoms with Crippen molar-refractivity contribution < 1.29 is 26.3 Å². The molecule has 28 heavy (non-hydrogen) atoms. The van der Waals surface area contributed by atoms with Gasteiger partial charge in [-0.1, -0.05) is 6.07 Å². The van der Waals surface area contributed by atoms with E-state index in [0.29, 0.717) is 17.1 Å². The van der Waals surface area contributed by atoms with Gasteiger partial charge in [0.2, 0.25) is 10.0 Å². The van der Waals surface area contributed by atoms with Crippen LogP contribution in [0.1, 0.15) is 5.69 Å². The van der Waals surface area contributed by atoms with E-state index in [4.69, 9.17) is 0 Å². The number of aromatic nitrogens is 3. The van der Waals surface area contributed by atoms with Crippen molar-refractivity contribution in [3.05, 3.63) is 60.4 Å². The largest absolute Gasteiger partial charge is 0.573 e. The third-order valence-electron chi connectivity index (χ3n) is 3.71. The smallest absolute Gasteiger partial charge is 0.406 e. The zero-order valence-electron chi connectivity index (χ0n) is 14.5. The molecule has 0 radical (unpaired) electrons. The molecule has 0 saturated heterocycles. The lowest BCUT2D eigenvalue weighted by atomic mass is 10.2. The van der Waals surface area contributed by atoms with Gasteiger partial charge in [-0.2, -0.15) is 5.10 Å². The van der Waals surface area contributed by atoms with E-state index in [9.17, 15) is 21.6 Å². The van der Waals surface area contributed by atoms with Crippen molar-refractivity contribution in [2.24, 2.45) is 7.05 Å². The Morgan fingerprint density at radius 3 is 2.43 bits per heavy atom. The van der Waals surface area contributed by atoms with Crippen LogP contribution in [0.2, 0.25) is 0 Å². The van der Waals surface area contributed by atoms with Crippen molar-refractivity contribution in [3.63, 3.8) is 0 Å². The first-order valence-electron chi connectivity index (χ1n) is 7.94. The molecule has 0 spiro atoms. The summed E-state index contributed by atoms with van der Waals surface area (Å²) in [5, 5.41) is 4.30. The molecule has 7 nitrogen and oxygen atoms in total. The molecule has 3 aromatic rings. The second kappa shape index (κ2) is 7.60. The molecule has 148 valence electrons. The molecule has 0 unspecified atom stereocenters. The van der Waals surface area contributed by atoms with Gasteiger partial charge >= 0.3 is 6.36 Å². The van der Waals surface area contributed by atoms with Crippen molar-refractivity contribution in [1.29, 1.82) is 0 Å². The van der Waals surface area contributed by atoms with Crippen molar-refractivity contribution in [1.82, 2.24) is 19.5 Å².